The maximum Gasteiger partial charge on any atom is 0.180 e. The summed E-state index contributed by atoms with van der Waals surface area (Å²) in [5, 5.41) is 3.31. The summed E-state index contributed by atoms with van der Waals surface area (Å²) >= 11 is 0. The molecule has 1 aromatic carbocycles. The zero-order valence-electron chi connectivity index (χ0n) is 11.3. The molecule has 1 aromatic rings. The highest BCUT2D eigenvalue weighted by Gasteiger charge is 2.33. The van der Waals surface area contributed by atoms with E-state index in [2.05, 4.69) is 12.2 Å². The van der Waals surface area contributed by atoms with E-state index in [1.165, 1.54) is 0 Å². The minimum absolute atomic E-state index is 0.0765. The molecule has 2 rings (SSSR count). The van der Waals surface area contributed by atoms with Crippen molar-refractivity contribution in [2.75, 3.05) is 25.5 Å². The quantitative estimate of drug-likeness (QED) is 0.777. The summed E-state index contributed by atoms with van der Waals surface area (Å²) in [7, 11) is -3.10. The van der Waals surface area contributed by atoms with Crippen LogP contribution in [0, 0.1) is 0 Å². The van der Waals surface area contributed by atoms with Crippen molar-refractivity contribution in [1.29, 1.82) is 0 Å². The van der Waals surface area contributed by atoms with Crippen molar-refractivity contribution >= 4 is 9.84 Å². The average molecular weight is 283 g/mol. The summed E-state index contributed by atoms with van der Waals surface area (Å²) in [5.41, 5.74) is 0.900. The highest BCUT2D eigenvalue weighted by Crippen LogP contribution is 2.32. The summed E-state index contributed by atoms with van der Waals surface area (Å²) in [6.45, 7) is 4.37. The van der Waals surface area contributed by atoms with Crippen molar-refractivity contribution in [2.45, 2.75) is 30.7 Å². The first kappa shape index (κ1) is 14.5. The van der Waals surface area contributed by atoms with Crippen LogP contribution in [0.15, 0.2) is 29.2 Å². The zero-order valence-corrected chi connectivity index (χ0v) is 12.1. The Morgan fingerprint density at radius 1 is 1.32 bits per heavy atom. The Bertz CT molecular complexity index is 513. The lowest BCUT2D eigenvalue weighted by Crippen LogP contribution is -2.24. The third kappa shape index (κ3) is 3.55. The molecule has 19 heavy (non-hydrogen) atoms. The van der Waals surface area contributed by atoms with E-state index in [4.69, 9.17) is 4.74 Å². The average Bonchev–Trinajstić information content (AvgIpc) is 2.66. The van der Waals surface area contributed by atoms with Crippen molar-refractivity contribution in [3.05, 3.63) is 29.8 Å². The third-order valence-corrected chi connectivity index (χ3v) is 5.03. The van der Waals surface area contributed by atoms with Crippen LogP contribution in [-0.4, -0.2) is 33.9 Å². The van der Waals surface area contributed by atoms with Crippen molar-refractivity contribution in [3.63, 3.8) is 0 Å². The lowest BCUT2D eigenvalue weighted by molar-refractivity contribution is 0.132. The Kier molecular flexibility index (Phi) is 4.96. The number of sulfone groups is 1. The first-order valence-electron chi connectivity index (χ1n) is 6.78. The molecule has 1 heterocycles. The molecule has 0 spiro atoms. The van der Waals surface area contributed by atoms with Crippen LogP contribution < -0.4 is 5.32 Å². The molecule has 0 saturated heterocycles. The van der Waals surface area contributed by atoms with E-state index in [1.807, 2.05) is 12.1 Å². The van der Waals surface area contributed by atoms with Crippen LogP contribution in [0.2, 0.25) is 0 Å². The Hall–Kier alpha value is -0.910. The van der Waals surface area contributed by atoms with Crippen LogP contribution >= 0.6 is 0 Å². The predicted molar refractivity (Wildman–Crippen MR) is 75.0 cm³/mol. The van der Waals surface area contributed by atoms with E-state index in [0.29, 0.717) is 4.90 Å². The second-order valence-corrected chi connectivity index (χ2v) is 6.79. The number of hydrogen-bond acceptors (Lipinski definition) is 4. The molecule has 1 unspecified atom stereocenters. The maximum atomic E-state index is 12.0. The summed E-state index contributed by atoms with van der Waals surface area (Å²) in [6.07, 6.45) is 1.93. The van der Waals surface area contributed by atoms with Gasteiger partial charge in [-0.25, -0.2) is 8.42 Å². The lowest BCUT2D eigenvalue weighted by Gasteiger charge is -2.12. The molecule has 0 aliphatic carbocycles. The number of rotatable bonds is 7. The first-order valence-corrected chi connectivity index (χ1v) is 8.43. The molecule has 0 amide bonds. The number of hydrogen-bond donors (Lipinski definition) is 1. The standard InChI is InChI=1S/C14H21NO3S/c1-2-9-18-10-5-8-15-13-11-19(16,17)14-7-4-3-6-12(13)14/h3-4,6-7,13,15H,2,5,8-11H2,1H3. The van der Waals surface area contributed by atoms with E-state index < -0.39 is 9.84 Å². The van der Waals surface area contributed by atoms with Gasteiger partial charge in [0.15, 0.2) is 9.84 Å². The van der Waals surface area contributed by atoms with Gasteiger partial charge < -0.3 is 10.1 Å². The monoisotopic (exact) mass is 283 g/mol. The van der Waals surface area contributed by atoms with E-state index in [9.17, 15) is 8.42 Å². The molecule has 0 aromatic heterocycles. The summed E-state index contributed by atoms with van der Waals surface area (Å²) in [4.78, 5) is 0.481. The highest BCUT2D eigenvalue weighted by molar-refractivity contribution is 7.91. The molecule has 1 N–H and O–H groups in total. The minimum atomic E-state index is -3.10. The zero-order chi connectivity index (χ0) is 13.7. The normalized spacial score (nSPS) is 20.4. The van der Waals surface area contributed by atoms with Crippen LogP contribution in [-0.2, 0) is 14.6 Å². The van der Waals surface area contributed by atoms with Crippen LogP contribution in [0.1, 0.15) is 31.4 Å². The Labute approximate surface area is 115 Å². The van der Waals surface area contributed by atoms with Gasteiger partial charge in [-0.05, 0) is 31.0 Å². The fraction of sp³-hybridized carbons (Fsp3) is 0.571. The van der Waals surface area contributed by atoms with E-state index in [0.717, 1.165) is 38.2 Å². The Morgan fingerprint density at radius 3 is 2.89 bits per heavy atom. The van der Waals surface area contributed by atoms with Gasteiger partial charge in [-0.1, -0.05) is 25.1 Å². The maximum absolute atomic E-state index is 12.0. The SMILES string of the molecule is CCCOCCCNC1CS(=O)(=O)c2ccccc21. The van der Waals surface area contributed by atoms with Gasteiger partial charge in [0, 0.05) is 19.3 Å². The van der Waals surface area contributed by atoms with Crippen LogP contribution in [0.5, 0.6) is 0 Å². The molecule has 0 radical (unpaired) electrons. The Morgan fingerprint density at radius 2 is 2.11 bits per heavy atom. The molecule has 0 fully saturated rings. The minimum Gasteiger partial charge on any atom is -0.381 e. The van der Waals surface area contributed by atoms with Gasteiger partial charge in [0.1, 0.15) is 0 Å². The number of fused-ring (bicyclic) bond motifs is 1. The number of ether oxygens (including phenoxy) is 1. The molecule has 1 aliphatic heterocycles. The van der Waals surface area contributed by atoms with Crippen molar-refractivity contribution < 1.29 is 13.2 Å². The van der Waals surface area contributed by atoms with Gasteiger partial charge in [-0.2, -0.15) is 0 Å². The predicted octanol–water partition coefficient (Wildman–Crippen LogP) is 1.92. The summed E-state index contributed by atoms with van der Waals surface area (Å²) < 4.78 is 29.3. The second-order valence-electron chi connectivity index (χ2n) is 4.79. The van der Waals surface area contributed by atoms with E-state index in [-0.39, 0.29) is 11.8 Å². The second kappa shape index (κ2) is 6.50. The smallest absolute Gasteiger partial charge is 0.180 e. The van der Waals surface area contributed by atoms with Gasteiger partial charge in [0.25, 0.3) is 0 Å². The van der Waals surface area contributed by atoms with Crippen molar-refractivity contribution in [2.24, 2.45) is 0 Å². The summed E-state index contributed by atoms with van der Waals surface area (Å²) in [5.74, 6) is 0.169. The van der Waals surface area contributed by atoms with Gasteiger partial charge in [0.05, 0.1) is 10.6 Å². The molecular weight excluding hydrogens is 262 g/mol. The Balaban J connectivity index is 1.86. The van der Waals surface area contributed by atoms with E-state index in [1.54, 1.807) is 12.1 Å². The largest absolute Gasteiger partial charge is 0.381 e. The van der Waals surface area contributed by atoms with Crippen LogP contribution in [0.3, 0.4) is 0 Å². The van der Waals surface area contributed by atoms with Gasteiger partial charge >= 0.3 is 0 Å². The van der Waals surface area contributed by atoms with Crippen LogP contribution in [0.25, 0.3) is 0 Å². The molecule has 0 bridgehead atoms. The molecule has 4 nitrogen and oxygen atoms in total. The molecular formula is C14H21NO3S. The molecule has 106 valence electrons. The van der Waals surface area contributed by atoms with Gasteiger partial charge in [0.2, 0.25) is 0 Å². The fourth-order valence-electron chi connectivity index (χ4n) is 2.32. The topological polar surface area (TPSA) is 55.4 Å². The third-order valence-electron chi connectivity index (χ3n) is 3.22. The molecule has 1 aliphatic rings. The highest BCUT2D eigenvalue weighted by atomic mass is 32.2. The van der Waals surface area contributed by atoms with Crippen molar-refractivity contribution in [3.8, 4) is 0 Å². The van der Waals surface area contributed by atoms with Gasteiger partial charge in [-0.15, -0.1) is 0 Å². The van der Waals surface area contributed by atoms with E-state index >= 15 is 0 Å². The fourth-order valence-corrected chi connectivity index (χ4v) is 4.09. The lowest BCUT2D eigenvalue weighted by atomic mass is 10.1. The number of nitrogens with one attached hydrogen (secondary N) is 1. The van der Waals surface area contributed by atoms with Gasteiger partial charge in [-0.3, -0.25) is 0 Å². The summed E-state index contributed by atoms with van der Waals surface area (Å²) in [6, 6.07) is 7.17. The van der Waals surface area contributed by atoms with Crippen LogP contribution in [0.4, 0.5) is 0 Å². The molecule has 5 heteroatoms. The molecule has 0 saturated carbocycles. The first-order chi connectivity index (χ1) is 9.15. The van der Waals surface area contributed by atoms with Crippen molar-refractivity contribution in [1.82, 2.24) is 5.32 Å². The molecule has 1 atom stereocenters. The number of benzene rings is 1.